The molecule has 0 unspecified atom stereocenters. The number of carboxylic acids is 1. The molecule has 1 N–H and O–H groups in total. The molecule has 23 heavy (non-hydrogen) atoms. The molecule has 0 fully saturated rings. The van der Waals surface area contributed by atoms with Crippen molar-refractivity contribution in [3.05, 3.63) is 76.0 Å². The molecule has 1 atom stereocenters. The highest BCUT2D eigenvalue weighted by molar-refractivity contribution is 5.85. The molecule has 0 aliphatic carbocycles. The lowest BCUT2D eigenvalue weighted by Crippen LogP contribution is -2.24. The second kappa shape index (κ2) is 5.92. The molecule has 0 saturated heterocycles. The Morgan fingerprint density at radius 3 is 2.70 bits per heavy atom. The summed E-state index contributed by atoms with van der Waals surface area (Å²) >= 11 is 0. The number of non-ortho nitro benzene ring substituents is 1. The first-order chi connectivity index (χ1) is 11.1. The highest BCUT2D eigenvalue weighted by atomic mass is 16.6. The number of carboxylic acid groups (broad SMARTS) is 1. The van der Waals surface area contributed by atoms with E-state index in [-0.39, 0.29) is 12.1 Å². The van der Waals surface area contributed by atoms with E-state index >= 15 is 0 Å². The molecule has 3 rings (SSSR count). The summed E-state index contributed by atoms with van der Waals surface area (Å²) in [6.45, 7) is 0. The third-order valence-electron chi connectivity index (χ3n) is 3.85. The second-order valence-electron chi connectivity index (χ2n) is 5.27. The van der Waals surface area contributed by atoms with E-state index in [1.807, 2.05) is 24.3 Å². The molecule has 3 aromatic rings. The van der Waals surface area contributed by atoms with Crippen LogP contribution in [-0.4, -0.2) is 15.9 Å². The van der Waals surface area contributed by atoms with Crippen LogP contribution in [0.4, 0.5) is 5.69 Å². The molecule has 1 heterocycles. The number of fused-ring (bicyclic) bond motifs is 1. The average Bonchev–Trinajstić information content (AvgIpc) is 2.96. The first-order valence-corrected chi connectivity index (χ1v) is 7.06. The van der Waals surface area contributed by atoms with Crippen molar-refractivity contribution in [2.24, 2.45) is 0 Å². The number of aliphatic carboxylic acids is 1. The summed E-state index contributed by atoms with van der Waals surface area (Å²) < 4.78 is 0. The average molecular weight is 309 g/mol. The summed E-state index contributed by atoms with van der Waals surface area (Å²) in [6, 6.07) is 13.6. The molecule has 116 valence electrons. The Balaban J connectivity index is 2.13. The fourth-order valence-electron chi connectivity index (χ4n) is 2.81. The van der Waals surface area contributed by atoms with Gasteiger partial charge in [0.2, 0.25) is 0 Å². The topological polar surface area (TPSA) is 99.1 Å². The van der Waals surface area contributed by atoms with Crippen molar-refractivity contribution < 1.29 is 14.8 Å². The standard InChI is InChI=1S/C17H14N2O4/c20-17(21)9-14(11-4-3-5-12(8-11)19(22)23)15-10-18-16-7-2-1-6-13(15)16/h1-8,10,14,18H,9H2,(H,20,21)/p-1/t14-/m1/s1. The van der Waals surface area contributed by atoms with E-state index in [0.717, 1.165) is 16.5 Å². The predicted molar refractivity (Wildman–Crippen MR) is 82.9 cm³/mol. The Morgan fingerprint density at radius 1 is 1.17 bits per heavy atom. The quantitative estimate of drug-likeness (QED) is 0.577. The zero-order valence-corrected chi connectivity index (χ0v) is 12.1. The van der Waals surface area contributed by atoms with Crippen LogP contribution in [0.1, 0.15) is 23.5 Å². The summed E-state index contributed by atoms with van der Waals surface area (Å²) in [7, 11) is 0. The number of nitrogens with one attached hydrogen (secondary N) is 1. The van der Waals surface area contributed by atoms with Crippen LogP contribution in [0.25, 0.3) is 10.9 Å². The first kappa shape index (κ1) is 14.8. The zero-order chi connectivity index (χ0) is 16.4. The van der Waals surface area contributed by atoms with E-state index in [0.29, 0.717) is 5.56 Å². The Hall–Kier alpha value is -3.15. The van der Waals surface area contributed by atoms with Crippen molar-refractivity contribution in [2.75, 3.05) is 0 Å². The van der Waals surface area contributed by atoms with Crippen molar-refractivity contribution in [3.63, 3.8) is 0 Å². The van der Waals surface area contributed by atoms with Crippen molar-refractivity contribution in [1.29, 1.82) is 0 Å². The molecule has 0 bridgehead atoms. The lowest BCUT2D eigenvalue weighted by atomic mass is 9.88. The van der Waals surface area contributed by atoms with Gasteiger partial charge in [-0.15, -0.1) is 0 Å². The number of carbonyl (C=O) groups is 1. The summed E-state index contributed by atoms with van der Waals surface area (Å²) in [5.74, 6) is -1.72. The number of aromatic nitrogens is 1. The Kier molecular flexibility index (Phi) is 3.80. The molecule has 2 aromatic carbocycles. The van der Waals surface area contributed by atoms with Crippen molar-refractivity contribution in [1.82, 2.24) is 4.98 Å². The number of nitrogens with zero attached hydrogens (tertiary/aromatic N) is 1. The Morgan fingerprint density at radius 2 is 1.96 bits per heavy atom. The highest BCUT2D eigenvalue weighted by Gasteiger charge is 2.20. The molecule has 0 amide bonds. The summed E-state index contributed by atoms with van der Waals surface area (Å²) in [5.41, 5.74) is 2.18. The fourth-order valence-corrected chi connectivity index (χ4v) is 2.81. The van der Waals surface area contributed by atoms with Crippen LogP contribution >= 0.6 is 0 Å². The van der Waals surface area contributed by atoms with E-state index in [1.165, 1.54) is 12.1 Å². The van der Waals surface area contributed by atoms with Crippen LogP contribution in [0, 0.1) is 10.1 Å². The predicted octanol–water partition coefficient (Wildman–Crippen LogP) is 2.35. The maximum atomic E-state index is 11.2. The number of benzene rings is 2. The first-order valence-electron chi connectivity index (χ1n) is 7.06. The monoisotopic (exact) mass is 309 g/mol. The molecule has 0 spiro atoms. The van der Waals surface area contributed by atoms with Gasteiger partial charge in [0.25, 0.3) is 5.69 Å². The van der Waals surface area contributed by atoms with Crippen LogP contribution < -0.4 is 5.11 Å². The number of nitro groups is 1. The molecular formula is C17H13N2O4-. The van der Waals surface area contributed by atoms with Gasteiger partial charge in [-0.3, -0.25) is 10.1 Å². The van der Waals surface area contributed by atoms with Gasteiger partial charge in [-0.25, -0.2) is 0 Å². The van der Waals surface area contributed by atoms with E-state index < -0.39 is 16.8 Å². The van der Waals surface area contributed by atoms with Gasteiger partial charge in [0.05, 0.1) is 4.92 Å². The number of hydrogen-bond donors (Lipinski definition) is 1. The van der Waals surface area contributed by atoms with Crippen molar-refractivity contribution >= 4 is 22.6 Å². The molecule has 6 nitrogen and oxygen atoms in total. The molecular weight excluding hydrogens is 296 g/mol. The van der Waals surface area contributed by atoms with E-state index in [1.54, 1.807) is 18.3 Å². The van der Waals surface area contributed by atoms with Crippen LogP contribution in [0.5, 0.6) is 0 Å². The lowest BCUT2D eigenvalue weighted by Gasteiger charge is -2.17. The summed E-state index contributed by atoms with van der Waals surface area (Å²) in [6.07, 6.45) is 1.50. The smallest absolute Gasteiger partial charge is 0.269 e. The number of carbonyl (C=O) groups excluding carboxylic acids is 1. The number of hydrogen-bond acceptors (Lipinski definition) is 4. The number of nitro benzene ring substituents is 1. The molecule has 0 aliphatic heterocycles. The number of rotatable bonds is 5. The van der Waals surface area contributed by atoms with Crippen LogP contribution in [0.15, 0.2) is 54.7 Å². The fraction of sp³-hybridized carbons (Fsp3) is 0.118. The third kappa shape index (κ3) is 2.91. The van der Waals surface area contributed by atoms with Gasteiger partial charge in [-0.05, 0) is 23.6 Å². The minimum atomic E-state index is -1.20. The van der Waals surface area contributed by atoms with Gasteiger partial charge in [0.15, 0.2) is 0 Å². The summed E-state index contributed by atoms with van der Waals surface area (Å²) in [4.78, 5) is 24.8. The lowest BCUT2D eigenvalue weighted by molar-refractivity contribution is -0.384. The van der Waals surface area contributed by atoms with E-state index in [9.17, 15) is 20.0 Å². The van der Waals surface area contributed by atoms with Gasteiger partial charge in [0.1, 0.15) is 0 Å². The second-order valence-corrected chi connectivity index (χ2v) is 5.27. The van der Waals surface area contributed by atoms with Gasteiger partial charge in [-0.2, -0.15) is 0 Å². The van der Waals surface area contributed by atoms with Gasteiger partial charge in [-0.1, -0.05) is 30.3 Å². The zero-order valence-electron chi connectivity index (χ0n) is 12.1. The van der Waals surface area contributed by atoms with E-state index in [4.69, 9.17) is 0 Å². The molecule has 0 radical (unpaired) electrons. The molecule has 6 heteroatoms. The van der Waals surface area contributed by atoms with Crippen molar-refractivity contribution in [2.45, 2.75) is 12.3 Å². The minimum absolute atomic E-state index is 0.0642. The number of aromatic amines is 1. The maximum Gasteiger partial charge on any atom is 0.269 e. The van der Waals surface area contributed by atoms with Gasteiger partial charge >= 0.3 is 0 Å². The SMILES string of the molecule is O=C([O-])C[C@H](c1cccc([N+](=O)[O-])c1)c1c[nH]c2ccccc12. The van der Waals surface area contributed by atoms with Crippen LogP contribution in [-0.2, 0) is 4.79 Å². The normalized spacial score (nSPS) is 12.2. The Bertz CT molecular complexity index is 885. The third-order valence-corrected chi connectivity index (χ3v) is 3.85. The number of para-hydroxylation sites is 1. The molecule has 0 aliphatic rings. The molecule has 0 saturated carbocycles. The summed E-state index contributed by atoms with van der Waals surface area (Å²) in [5, 5.41) is 23.0. The van der Waals surface area contributed by atoms with Gasteiger partial charge in [0, 0.05) is 41.1 Å². The highest BCUT2D eigenvalue weighted by Crippen LogP contribution is 2.34. The van der Waals surface area contributed by atoms with E-state index in [2.05, 4.69) is 4.98 Å². The maximum absolute atomic E-state index is 11.2. The van der Waals surface area contributed by atoms with Crippen molar-refractivity contribution in [3.8, 4) is 0 Å². The largest absolute Gasteiger partial charge is 0.550 e. The molecule has 1 aromatic heterocycles. The Labute approximate surface area is 131 Å². The van der Waals surface area contributed by atoms with Crippen LogP contribution in [0.3, 0.4) is 0 Å². The number of H-pyrrole nitrogens is 1. The van der Waals surface area contributed by atoms with Crippen LogP contribution in [0.2, 0.25) is 0 Å². The minimum Gasteiger partial charge on any atom is -0.550 e. The van der Waals surface area contributed by atoms with Gasteiger partial charge < -0.3 is 14.9 Å².